The zero-order valence-corrected chi connectivity index (χ0v) is 23.8. The molecule has 0 spiro atoms. The fourth-order valence-corrected chi connectivity index (χ4v) is 5.76. The lowest BCUT2D eigenvalue weighted by Crippen LogP contribution is -2.38. The first-order chi connectivity index (χ1) is 20.0. The van der Waals surface area contributed by atoms with Crippen LogP contribution >= 0.6 is 11.8 Å². The van der Waals surface area contributed by atoms with Crippen LogP contribution in [0.1, 0.15) is 36.1 Å². The number of pyridine rings is 1. The molecule has 2 aromatic carbocycles. The molecule has 210 valence electrons. The summed E-state index contributed by atoms with van der Waals surface area (Å²) in [6.07, 6.45) is 3.46. The number of hydrogen-bond donors (Lipinski definition) is 1. The third kappa shape index (κ3) is 5.83. The minimum absolute atomic E-state index is 0.0800. The fourth-order valence-electron chi connectivity index (χ4n) is 4.84. The molecule has 5 rings (SSSR count). The van der Waals surface area contributed by atoms with Crippen LogP contribution in [0.5, 0.6) is 11.5 Å². The molecule has 0 saturated heterocycles. The lowest BCUT2D eigenvalue weighted by atomic mass is 9.90. The normalized spacial score (nSPS) is 16.0. The second kappa shape index (κ2) is 12.7. The van der Waals surface area contributed by atoms with Crippen molar-refractivity contribution in [1.29, 1.82) is 0 Å². The number of nitrogens with one attached hydrogen (secondary N) is 1. The Kier molecular flexibility index (Phi) is 8.69. The van der Waals surface area contributed by atoms with Gasteiger partial charge in [0.05, 0.1) is 44.6 Å². The van der Waals surface area contributed by atoms with Crippen LogP contribution in [0.15, 0.2) is 94.7 Å². The number of aliphatic imine (C=N–C) groups is 1. The molecular formula is C31H30N4O5S. The van der Waals surface area contributed by atoms with Crippen LogP contribution in [-0.4, -0.2) is 47.8 Å². The summed E-state index contributed by atoms with van der Waals surface area (Å²) >= 11 is 1.41. The topological polar surface area (TPSA) is 102 Å². The summed E-state index contributed by atoms with van der Waals surface area (Å²) < 4.78 is 17.0. The van der Waals surface area contributed by atoms with E-state index in [0.29, 0.717) is 45.7 Å². The number of fused-ring (bicyclic) bond motifs is 1. The predicted molar refractivity (Wildman–Crippen MR) is 158 cm³/mol. The van der Waals surface area contributed by atoms with Gasteiger partial charge in [0.25, 0.3) is 0 Å². The van der Waals surface area contributed by atoms with Gasteiger partial charge in [0.2, 0.25) is 5.91 Å². The number of benzene rings is 2. The number of carbonyl (C=O) groups is 2. The molecule has 0 radical (unpaired) electrons. The highest BCUT2D eigenvalue weighted by Crippen LogP contribution is 2.50. The van der Waals surface area contributed by atoms with Crippen molar-refractivity contribution in [2.45, 2.75) is 25.9 Å². The van der Waals surface area contributed by atoms with Gasteiger partial charge < -0.3 is 24.4 Å². The second-order valence-electron chi connectivity index (χ2n) is 9.13. The van der Waals surface area contributed by atoms with Crippen molar-refractivity contribution in [1.82, 2.24) is 15.2 Å². The van der Waals surface area contributed by atoms with Crippen LogP contribution in [-0.2, 0) is 20.9 Å². The Bertz CT molecular complexity index is 1520. The van der Waals surface area contributed by atoms with Crippen molar-refractivity contribution in [2.24, 2.45) is 4.99 Å². The molecule has 3 heterocycles. The Labute approximate surface area is 242 Å². The minimum atomic E-state index is -0.698. The Balaban J connectivity index is 1.60. The van der Waals surface area contributed by atoms with E-state index >= 15 is 0 Å². The summed E-state index contributed by atoms with van der Waals surface area (Å²) in [4.78, 5) is 37.8. The van der Waals surface area contributed by atoms with Crippen molar-refractivity contribution in [3.8, 4) is 11.5 Å². The lowest BCUT2D eigenvalue weighted by molar-refractivity contribution is -0.139. The number of hydrogen-bond acceptors (Lipinski definition) is 9. The lowest BCUT2D eigenvalue weighted by Gasteiger charge is -2.37. The van der Waals surface area contributed by atoms with E-state index in [-0.39, 0.29) is 18.9 Å². The van der Waals surface area contributed by atoms with E-state index < -0.39 is 12.0 Å². The SMILES string of the molecule is CCOC(=O)C1=C(c2ccccc2)N=C2SC=C(CC(=O)NCc3ccncc3)N2[C@@H]1c1cccc(OC)c1OC. The molecule has 0 saturated carbocycles. The van der Waals surface area contributed by atoms with Crippen LogP contribution in [0.2, 0.25) is 0 Å². The van der Waals surface area contributed by atoms with Crippen molar-refractivity contribution in [3.63, 3.8) is 0 Å². The van der Waals surface area contributed by atoms with Gasteiger partial charge in [-0.15, -0.1) is 0 Å². The number of methoxy groups -OCH3 is 2. The number of carbonyl (C=O) groups excluding carboxylic acids is 2. The summed E-state index contributed by atoms with van der Waals surface area (Å²) in [6, 6.07) is 18.1. The van der Waals surface area contributed by atoms with Crippen molar-refractivity contribution < 1.29 is 23.8 Å². The second-order valence-corrected chi connectivity index (χ2v) is 9.97. The maximum absolute atomic E-state index is 13.7. The molecule has 1 N–H and O–H groups in total. The predicted octanol–water partition coefficient (Wildman–Crippen LogP) is 5.08. The molecule has 2 aliphatic heterocycles. The summed E-state index contributed by atoms with van der Waals surface area (Å²) in [6.45, 7) is 2.34. The molecule has 2 aliphatic rings. The Morgan fingerprint density at radius 1 is 1.00 bits per heavy atom. The fraction of sp³-hybridized carbons (Fsp3) is 0.226. The zero-order valence-electron chi connectivity index (χ0n) is 23.0. The van der Waals surface area contributed by atoms with E-state index in [1.165, 1.54) is 11.8 Å². The maximum Gasteiger partial charge on any atom is 0.338 e. The highest BCUT2D eigenvalue weighted by molar-refractivity contribution is 8.16. The van der Waals surface area contributed by atoms with Crippen molar-refractivity contribution >= 4 is 34.5 Å². The monoisotopic (exact) mass is 570 g/mol. The molecule has 0 fully saturated rings. The number of nitrogens with zero attached hydrogens (tertiary/aromatic N) is 3. The van der Waals surface area contributed by atoms with Crippen LogP contribution < -0.4 is 14.8 Å². The molecule has 41 heavy (non-hydrogen) atoms. The van der Waals surface area contributed by atoms with Gasteiger partial charge in [-0.1, -0.05) is 54.2 Å². The molecule has 0 aliphatic carbocycles. The van der Waals surface area contributed by atoms with Gasteiger partial charge in [-0.2, -0.15) is 0 Å². The Morgan fingerprint density at radius 3 is 2.49 bits per heavy atom. The number of ether oxygens (including phenoxy) is 3. The quantitative estimate of drug-likeness (QED) is 0.337. The van der Waals surface area contributed by atoms with Gasteiger partial charge in [-0.25, -0.2) is 9.79 Å². The number of para-hydroxylation sites is 1. The standard InChI is InChI=1S/C31H30N4O5S/c1-4-40-30(37)26-27(21-9-6-5-7-10-21)34-31-35(28(26)23-11-8-12-24(38-2)29(23)39-3)22(19-41-31)17-25(36)33-18-20-13-15-32-16-14-20/h5-16,19,28H,4,17-18H2,1-3H3,(H,33,36)/t28-/m1/s1. The van der Waals surface area contributed by atoms with Crippen LogP contribution in [0.3, 0.4) is 0 Å². The molecule has 3 aromatic rings. The molecule has 0 unspecified atom stereocenters. The average Bonchev–Trinajstić information content (AvgIpc) is 3.41. The van der Waals surface area contributed by atoms with Crippen molar-refractivity contribution in [3.05, 3.63) is 106 Å². The molecule has 1 aromatic heterocycles. The molecule has 9 nitrogen and oxygen atoms in total. The summed E-state index contributed by atoms with van der Waals surface area (Å²) in [7, 11) is 3.13. The van der Waals surface area contributed by atoms with E-state index in [0.717, 1.165) is 11.1 Å². The number of rotatable bonds is 10. The maximum atomic E-state index is 13.7. The molecular weight excluding hydrogens is 540 g/mol. The number of aromatic nitrogens is 1. The molecule has 0 bridgehead atoms. The first-order valence-corrected chi connectivity index (χ1v) is 14.0. The third-order valence-electron chi connectivity index (χ3n) is 6.66. The first kappa shape index (κ1) is 28.0. The Morgan fingerprint density at radius 2 is 1.78 bits per heavy atom. The summed E-state index contributed by atoms with van der Waals surface area (Å²) in [5.41, 5.74) is 3.96. The first-order valence-electron chi connectivity index (χ1n) is 13.1. The molecule has 1 atom stereocenters. The summed E-state index contributed by atoms with van der Waals surface area (Å²) in [5, 5.41) is 5.52. The van der Waals surface area contributed by atoms with E-state index in [9.17, 15) is 9.59 Å². The van der Waals surface area contributed by atoms with Gasteiger partial charge >= 0.3 is 5.97 Å². The van der Waals surface area contributed by atoms with E-state index in [1.807, 2.05) is 64.9 Å². The van der Waals surface area contributed by atoms with Crippen LogP contribution in [0.4, 0.5) is 0 Å². The van der Waals surface area contributed by atoms with Gasteiger partial charge in [0.15, 0.2) is 16.7 Å². The number of amidine groups is 1. The highest BCUT2D eigenvalue weighted by atomic mass is 32.2. The third-order valence-corrected chi connectivity index (χ3v) is 7.55. The number of amides is 1. The smallest absolute Gasteiger partial charge is 0.338 e. The number of esters is 1. The van der Waals surface area contributed by atoms with Crippen LogP contribution in [0.25, 0.3) is 5.70 Å². The average molecular weight is 571 g/mol. The molecule has 10 heteroatoms. The van der Waals surface area contributed by atoms with Crippen LogP contribution in [0, 0.1) is 0 Å². The van der Waals surface area contributed by atoms with Gasteiger partial charge in [0.1, 0.15) is 0 Å². The minimum Gasteiger partial charge on any atom is -0.493 e. The van der Waals surface area contributed by atoms with Gasteiger partial charge in [-0.05, 0) is 36.1 Å². The highest BCUT2D eigenvalue weighted by Gasteiger charge is 2.43. The van der Waals surface area contributed by atoms with E-state index in [2.05, 4.69) is 10.3 Å². The van der Waals surface area contributed by atoms with Gasteiger partial charge in [0, 0.05) is 35.8 Å². The van der Waals surface area contributed by atoms with Gasteiger partial charge in [-0.3, -0.25) is 9.78 Å². The molecule has 1 amide bonds. The number of thioether (sulfide) groups is 1. The van der Waals surface area contributed by atoms with E-state index in [1.54, 1.807) is 39.6 Å². The van der Waals surface area contributed by atoms with Crippen molar-refractivity contribution in [2.75, 3.05) is 20.8 Å². The largest absolute Gasteiger partial charge is 0.493 e. The van der Waals surface area contributed by atoms with E-state index in [4.69, 9.17) is 19.2 Å². The summed E-state index contributed by atoms with van der Waals surface area (Å²) in [5.74, 6) is 0.337. The Hall–Kier alpha value is -4.57. The zero-order chi connectivity index (χ0) is 28.8.